The minimum absolute atomic E-state index is 0.415. The van der Waals surface area contributed by atoms with Gasteiger partial charge in [0, 0.05) is 5.69 Å². The number of ether oxygens (including phenoxy) is 1. The summed E-state index contributed by atoms with van der Waals surface area (Å²) in [4.78, 5) is 9.23. The van der Waals surface area contributed by atoms with Gasteiger partial charge in [-0.1, -0.05) is 12.1 Å². The number of fused-ring (bicyclic) bond motifs is 1. The molecule has 0 atom stereocenters. The summed E-state index contributed by atoms with van der Waals surface area (Å²) in [5.74, 6) is 1.60. The van der Waals surface area contributed by atoms with Gasteiger partial charge in [-0.25, -0.2) is 4.98 Å². The molecule has 6 nitrogen and oxygen atoms in total. The topological polar surface area (TPSA) is 94.6 Å². The molecule has 0 radical (unpaired) electrons. The minimum atomic E-state index is 0.415. The van der Waals surface area contributed by atoms with Gasteiger partial charge >= 0.3 is 0 Å². The Kier molecular flexibility index (Phi) is 5.85. The molecule has 0 aliphatic carbocycles. The molecule has 0 spiro atoms. The summed E-state index contributed by atoms with van der Waals surface area (Å²) in [5, 5.41) is 23.3. The first kappa shape index (κ1) is 22.1. The van der Waals surface area contributed by atoms with Crippen molar-refractivity contribution in [2.75, 3.05) is 5.32 Å². The number of hydrogen-bond acceptors (Lipinski definition) is 7. The number of hydrogen-bond donors (Lipinski definition) is 1. The molecule has 0 unspecified atom stereocenters. The maximum absolute atomic E-state index is 9.14. The van der Waals surface area contributed by atoms with E-state index in [1.807, 2.05) is 67.8 Å². The van der Waals surface area contributed by atoms with E-state index in [9.17, 15) is 0 Å². The Balaban J connectivity index is 1.45. The van der Waals surface area contributed by atoms with E-state index in [-0.39, 0.29) is 0 Å². The number of nitrogens with one attached hydrogen (secondary N) is 1. The third-order valence-corrected chi connectivity index (χ3v) is 6.48. The number of nitriles is 2. The highest BCUT2D eigenvalue weighted by Gasteiger charge is 2.14. The molecule has 3 aromatic carbocycles. The summed E-state index contributed by atoms with van der Waals surface area (Å²) < 4.78 is 7.15. The average Bonchev–Trinajstić information content (AvgIpc) is 3.34. The number of nitrogens with zero attached hydrogens (tertiary/aromatic N) is 4. The summed E-state index contributed by atoms with van der Waals surface area (Å²) in [7, 11) is 0. The highest BCUT2D eigenvalue weighted by atomic mass is 32.1. The first-order chi connectivity index (χ1) is 17.0. The zero-order valence-electron chi connectivity index (χ0n) is 19.0. The summed E-state index contributed by atoms with van der Waals surface area (Å²) in [6, 6.07) is 25.1. The van der Waals surface area contributed by atoms with Gasteiger partial charge in [-0.15, -0.1) is 11.3 Å². The van der Waals surface area contributed by atoms with Crippen LogP contribution in [0.2, 0.25) is 0 Å². The molecule has 0 aliphatic heterocycles. The lowest BCUT2D eigenvalue weighted by Crippen LogP contribution is -2.00. The van der Waals surface area contributed by atoms with E-state index in [0.29, 0.717) is 28.7 Å². The van der Waals surface area contributed by atoms with E-state index in [1.54, 1.807) is 12.1 Å². The summed E-state index contributed by atoms with van der Waals surface area (Å²) >= 11 is 1.52. The van der Waals surface area contributed by atoms with Crippen LogP contribution in [0.1, 0.15) is 22.3 Å². The Bertz CT molecular complexity index is 1640. The minimum Gasteiger partial charge on any atom is -0.437 e. The van der Waals surface area contributed by atoms with Crippen LogP contribution in [0.5, 0.6) is 11.6 Å². The van der Waals surface area contributed by atoms with Crippen molar-refractivity contribution in [3.05, 3.63) is 94.4 Å². The molecule has 0 fully saturated rings. The summed E-state index contributed by atoms with van der Waals surface area (Å²) in [5.41, 5.74) is 6.96. The van der Waals surface area contributed by atoms with Crippen LogP contribution < -0.4 is 10.1 Å². The van der Waals surface area contributed by atoms with Crippen LogP contribution in [0, 0.1) is 36.5 Å². The molecule has 0 aliphatic rings. The van der Waals surface area contributed by atoms with Crippen molar-refractivity contribution < 1.29 is 4.74 Å². The van der Waals surface area contributed by atoms with E-state index >= 15 is 0 Å². The zero-order valence-corrected chi connectivity index (χ0v) is 19.9. The van der Waals surface area contributed by atoms with E-state index in [4.69, 9.17) is 15.3 Å². The van der Waals surface area contributed by atoms with E-state index in [0.717, 1.165) is 38.2 Å². The maximum Gasteiger partial charge on any atom is 0.242 e. The fourth-order valence-corrected chi connectivity index (χ4v) is 4.57. The normalized spacial score (nSPS) is 10.5. The van der Waals surface area contributed by atoms with Crippen molar-refractivity contribution in [2.45, 2.75) is 13.8 Å². The predicted molar refractivity (Wildman–Crippen MR) is 138 cm³/mol. The second-order valence-corrected chi connectivity index (χ2v) is 8.94. The number of aromatic nitrogens is 2. The Morgan fingerprint density at radius 1 is 0.829 bits per heavy atom. The molecular formula is C28H19N5OS. The van der Waals surface area contributed by atoms with Gasteiger partial charge in [0.1, 0.15) is 10.4 Å². The molecule has 2 heterocycles. The lowest BCUT2D eigenvalue weighted by Gasteiger charge is -2.13. The van der Waals surface area contributed by atoms with Crippen molar-refractivity contribution >= 4 is 33.2 Å². The fraction of sp³-hybridized carbons (Fsp3) is 0.0714. The van der Waals surface area contributed by atoms with Gasteiger partial charge in [-0.05, 0) is 96.1 Å². The lowest BCUT2D eigenvalue weighted by atomic mass is 9.97. The Morgan fingerprint density at radius 3 is 2.31 bits per heavy atom. The van der Waals surface area contributed by atoms with Gasteiger partial charge in [0.2, 0.25) is 11.8 Å². The molecule has 35 heavy (non-hydrogen) atoms. The SMILES string of the molecule is Cc1cc(-c2ccc(C#N)cc2C)ccc1Oc1nc(Nc2ccc(C#N)cc2)nc2ccsc12. The first-order valence-corrected chi connectivity index (χ1v) is 11.7. The van der Waals surface area contributed by atoms with Crippen molar-refractivity contribution in [3.63, 3.8) is 0 Å². The molecule has 2 aromatic heterocycles. The van der Waals surface area contributed by atoms with Crippen molar-refractivity contribution in [1.29, 1.82) is 10.5 Å². The number of thiophene rings is 1. The van der Waals surface area contributed by atoms with Crippen LogP contribution in [0.4, 0.5) is 11.6 Å². The smallest absolute Gasteiger partial charge is 0.242 e. The largest absolute Gasteiger partial charge is 0.437 e. The monoisotopic (exact) mass is 473 g/mol. The number of rotatable bonds is 5. The van der Waals surface area contributed by atoms with Gasteiger partial charge in [0.25, 0.3) is 0 Å². The van der Waals surface area contributed by atoms with E-state index < -0.39 is 0 Å². The highest BCUT2D eigenvalue weighted by Crippen LogP contribution is 2.36. The summed E-state index contributed by atoms with van der Waals surface area (Å²) in [6.07, 6.45) is 0. The number of benzene rings is 3. The molecule has 0 bridgehead atoms. The van der Waals surface area contributed by atoms with Crippen molar-refractivity contribution in [1.82, 2.24) is 9.97 Å². The second kappa shape index (κ2) is 9.26. The van der Waals surface area contributed by atoms with Gasteiger partial charge in [-0.3, -0.25) is 0 Å². The molecule has 5 rings (SSSR count). The third-order valence-electron chi connectivity index (χ3n) is 5.59. The molecule has 0 saturated heterocycles. The molecule has 5 aromatic rings. The lowest BCUT2D eigenvalue weighted by molar-refractivity contribution is 0.466. The van der Waals surface area contributed by atoms with Crippen molar-refractivity contribution in [2.24, 2.45) is 0 Å². The van der Waals surface area contributed by atoms with Crippen LogP contribution in [-0.2, 0) is 0 Å². The summed E-state index contributed by atoms with van der Waals surface area (Å²) in [6.45, 7) is 4.01. The quantitative estimate of drug-likeness (QED) is 0.289. The molecule has 1 N–H and O–H groups in total. The Morgan fingerprint density at radius 2 is 1.60 bits per heavy atom. The first-order valence-electron chi connectivity index (χ1n) is 10.9. The Hall–Kier alpha value is -4.72. The standard InChI is InChI=1S/C28H19N5OS/c1-17-13-20(16-30)5-9-23(17)21-6-10-25(18(2)14-21)34-27-26-24(11-12-35-26)32-28(33-27)31-22-7-3-19(15-29)4-8-22/h3-14H,1-2H3,(H,31,32,33). The number of aryl methyl sites for hydroxylation is 2. The van der Waals surface area contributed by atoms with Gasteiger partial charge in [0.15, 0.2) is 0 Å². The van der Waals surface area contributed by atoms with E-state index in [1.165, 1.54) is 11.3 Å². The fourth-order valence-electron chi connectivity index (χ4n) is 3.81. The molecule has 168 valence electrons. The number of anilines is 2. The highest BCUT2D eigenvalue weighted by molar-refractivity contribution is 7.17. The van der Waals surface area contributed by atoms with Crippen LogP contribution in [0.25, 0.3) is 21.3 Å². The Labute approximate surface area is 206 Å². The van der Waals surface area contributed by atoms with E-state index in [2.05, 4.69) is 33.5 Å². The molecule has 0 amide bonds. The average molecular weight is 474 g/mol. The van der Waals surface area contributed by atoms with Crippen LogP contribution in [0.3, 0.4) is 0 Å². The zero-order chi connectivity index (χ0) is 24.4. The maximum atomic E-state index is 9.14. The molecular weight excluding hydrogens is 454 g/mol. The predicted octanol–water partition coefficient (Wildman–Crippen LogP) is 7.25. The van der Waals surface area contributed by atoms with Gasteiger partial charge < -0.3 is 10.1 Å². The third kappa shape index (κ3) is 4.54. The van der Waals surface area contributed by atoms with Crippen molar-refractivity contribution in [3.8, 4) is 34.9 Å². The van der Waals surface area contributed by atoms with Crippen LogP contribution >= 0.6 is 11.3 Å². The van der Waals surface area contributed by atoms with Crippen LogP contribution in [0.15, 0.2) is 72.1 Å². The second-order valence-electron chi connectivity index (χ2n) is 8.03. The van der Waals surface area contributed by atoms with Crippen LogP contribution in [-0.4, -0.2) is 9.97 Å². The van der Waals surface area contributed by atoms with Gasteiger partial charge in [-0.2, -0.15) is 15.5 Å². The van der Waals surface area contributed by atoms with Gasteiger partial charge in [0.05, 0.1) is 28.8 Å². The molecule has 7 heteroatoms. The molecule has 0 saturated carbocycles.